The fourth-order valence-corrected chi connectivity index (χ4v) is 5.52. The van der Waals surface area contributed by atoms with Crippen molar-refractivity contribution in [3.05, 3.63) is 102 Å². The number of hydrogen-bond donors (Lipinski definition) is 1. The van der Waals surface area contributed by atoms with Gasteiger partial charge in [-0.25, -0.2) is 8.42 Å². The summed E-state index contributed by atoms with van der Waals surface area (Å²) in [6.07, 6.45) is 2.05. The first kappa shape index (κ1) is 22.5. The number of carboxylic acid groups (broad SMARTS) is 1. The van der Waals surface area contributed by atoms with Crippen molar-refractivity contribution in [2.75, 3.05) is 0 Å². The number of nitrogens with zero attached hydrogens (tertiary/aromatic N) is 2. The van der Waals surface area contributed by atoms with E-state index in [0.717, 1.165) is 28.2 Å². The zero-order valence-electron chi connectivity index (χ0n) is 18.4. The van der Waals surface area contributed by atoms with E-state index < -0.39 is 15.8 Å². The summed E-state index contributed by atoms with van der Waals surface area (Å²) >= 11 is 0. The number of benzene rings is 2. The van der Waals surface area contributed by atoms with Crippen molar-refractivity contribution < 1.29 is 18.3 Å². The Morgan fingerprint density at radius 3 is 2.33 bits per heavy atom. The molecule has 6 nitrogen and oxygen atoms in total. The Morgan fingerprint density at radius 2 is 1.64 bits per heavy atom. The molecule has 0 fully saturated rings. The lowest BCUT2D eigenvalue weighted by atomic mass is 10.0. The molecule has 0 spiro atoms. The first-order chi connectivity index (χ1) is 15.8. The van der Waals surface area contributed by atoms with E-state index >= 15 is 0 Å². The number of carboxylic acids is 1. The van der Waals surface area contributed by atoms with Gasteiger partial charge >= 0.3 is 5.97 Å². The summed E-state index contributed by atoms with van der Waals surface area (Å²) in [6.45, 7) is 3.56. The van der Waals surface area contributed by atoms with Crippen molar-refractivity contribution in [2.24, 2.45) is 0 Å². The van der Waals surface area contributed by atoms with E-state index in [9.17, 15) is 18.3 Å². The molecule has 4 aromatic rings. The molecular weight excluding hydrogens is 436 g/mol. The van der Waals surface area contributed by atoms with Crippen LogP contribution in [0.25, 0.3) is 11.3 Å². The summed E-state index contributed by atoms with van der Waals surface area (Å²) < 4.78 is 28.4. The molecule has 168 valence electrons. The third kappa shape index (κ3) is 4.59. The molecular formula is C26H24N2O4S. The molecule has 0 aliphatic carbocycles. The minimum atomic E-state index is -3.69. The number of hydrogen-bond acceptors (Lipinski definition) is 4. The summed E-state index contributed by atoms with van der Waals surface area (Å²) in [4.78, 5) is 16.3. The van der Waals surface area contributed by atoms with Gasteiger partial charge in [0.25, 0.3) is 0 Å². The monoisotopic (exact) mass is 460 g/mol. The van der Waals surface area contributed by atoms with Crippen LogP contribution >= 0.6 is 0 Å². The van der Waals surface area contributed by atoms with E-state index in [1.54, 1.807) is 59.3 Å². The fourth-order valence-electron chi connectivity index (χ4n) is 4.01. The number of pyridine rings is 1. The Balaban J connectivity index is 1.81. The highest BCUT2D eigenvalue weighted by molar-refractivity contribution is 7.91. The zero-order chi connectivity index (χ0) is 23.6. The molecule has 0 atom stereocenters. The minimum Gasteiger partial charge on any atom is -0.480 e. The van der Waals surface area contributed by atoms with Gasteiger partial charge in [0.05, 0.1) is 9.79 Å². The van der Waals surface area contributed by atoms with Gasteiger partial charge in [-0.3, -0.25) is 9.78 Å². The smallest absolute Gasteiger partial charge is 0.323 e. The first-order valence-electron chi connectivity index (χ1n) is 10.5. The molecule has 0 unspecified atom stereocenters. The van der Waals surface area contributed by atoms with E-state index in [0.29, 0.717) is 12.0 Å². The van der Waals surface area contributed by atoms with Crippen LogP contribution in [0, 0.1) is 13.8 Å². The Kier molecular flexibility index (Phi) is 6.16. The van der Waals surface area contributed by atoms with Crippen molar-refractivity contribution in [2.45, 2.75) is 36.6 Å². The molecule has 2 aromatic heterocycles. The van der Waals surface area contributed by atoms with E-state index in [-0.39, 0.29) is 16.3 Å². The van der Waals surface area contributed by atoms with E-state index in [1.807, 2.05) is 38.1 Å². The molecule has 0 amide bonds. The predicted molar refractivity (Wildman–Crippen MR) is 126 cm³/mol. The zero-order valence-corrected chi connectivity index (χ0v) is 19.2. The summed E-state index contributed by atoms with van der Waals surface area (Å²) in [5.74, 6) is -0.945. The molecule has 0 saturated carbocycles. The van der Waals surface area contributed by atoms with Crippen LogP contribution in [0.15, 0.2) is 88.8 Å². The molecule has 2 heterocycles. The Bertz CT molecular complexity index is 1420. The van der Waals surface area contributed by atoms with Crippen LogP contribution in [-0.2, 0) is 27.6 Å². The number of aromatic nitrogens is 2. The molecule has 1 N–H and O–H groups in total. The SMILES string of the molecule is Cc1cc(-c2cc(Cc3ccccc3S(=O)(=O)c3ccccc3)c(C)n2CC(=O)O)ccn1. The van der Waals surface area contributed by atoms with Crippen LogP contribution in [0.3, 0.4) is 0 Å². The van der Waals surface area contributed by atoms with Crippen molar-refractivity contribution in [1.29, 1.82) is 0 Å². The summed E-state index contributed by atoms with van der Waals surface area (Å²) in [7, 11) is -3.69. The Labute approximate surface area is 193 Å². The average molecular weight is 461 g/mol. The summed E-state index contributed by atoms with van der Waals surface area (Å²) in [6, 6.07) is 21.0. The van der Waals surface area contributed by atoms with Crippen LogP contribution in [0.2, 0.25) is 0 Å². The highest BCUT2D eigenvalue weighted by Gasteiger charge is 2.22. The molecule has 0 bridgehead atoms. The van der Waals surface area contributed by atoms with Crippen LogP contribution in [0.1, 0.15) is 22.5 Å². The molecule has 0 radical (unpaired) electrons. The van der Waals surface area contributed by atoms with E-state index in [2.05, 4.69) is 4.98 Å². The topological polar surface area (TPSA) is 89.3 Å². The van der Waals surface area contributed by atoms with Crippen molar-refractivity contribution in [1.82, 2.24) is 9.55 Å². The van der Waals surface area contributed by atoms with Gasteiger partial charge in [0.1, 0.15) is 6.54 Å². The second-order valence-electron chi connectivity index (χ2n) is 7.91. The maximum atomic E-state index is 13.3. The Hall–Kier alpha value is -3.71. The lowest BCUT2D eigenvalue weighted by Gasteiger charge is -2.12. The third-order valence-electron chi connectivity index (χ3n) is 5.65. The minimum absolute atomic E-state index is 0.188. The number of carbonyl (C=O) groups is 1. The largest absolute Gasteiger partial charge is 0.480 e. The third-order valence-corrected chi connectivity index (χ3v) is 7.52. The maximum Gasteiger partial charge on any atom is 0.323 e. The van der Waals surface area contributed by atoms with Gasteiger partial charge in [-0.15, -0.1) is 0 Å². The van der Waals surface area contributed by atoms with Gasteiger partial charge < -0.3 is 9.67 Å². The molecule has 33 heavy (non-hydrogen) atoms. The highest BCUT2D eigenvalue weighted by atomic mass is 32.2. The Morgan fingerprint density at radius 1 is 0.939 bits per heavy atom. The summed E-state index contributed by atoms with van der Waals surface area (Å²) in [5.41, 5.74) is 4.77. The maximum absolute atomic E-state index is 13.3. The van der Waals surface area contributed by atoms with Gasteiger partial charge in [-0.2, -0.15) is 0 Å². The average Bonchev–Trinajstić information content (AvgIpc) is 3.09. The van der Waals surface area contributed by atoms with Gasteiger partial charge in [-0.05, 0) is 61.4 Å². The number of aliphatic carboxylic acids is 1. The second kappa shape index (κ2) is 9.03. The van der Waals surface area contributed by atoms with Crippen LogP contribution in [0.5, 0.6) is 0 Å². The number of sulfone groups is 1. The van der Waals surface area contributed by atoms with Crippen molar-refractivity contribution in [3.8, 4) is 11.3 Å². The predicted octanol–water partition coefficient (Wildman–Crippen LogP) is 4.68. The number of rotatable bonds is 7. The second-order valence-corrected chi connectivity index (χ2v) is 9.83. The molecule has 0 saturated heterocycles. The molecule has 0 aliphatic heterocycles. The summed E-state index contributed by atoms with van der Waals surface area (Å²) in [5, 5.41) is 9.48. The lowest BCUT2D eigenvalue weighted by molar-refractivity contribution is -0.137. The van der Waals surface area contributed by atoms with Gasteiger partial charge in [0.2, 0.25) is 9.84 Å². The van der Waals surface area contributed by atoms with Crippen molar-refractivity contribution in [3.63, 3.8) is 0 Å². The first-order valence-corrected chi connectivity index (χ1v) is 12.0. The van der Waals surface area contributed by atoms with Crippen LogP contribution < -0.4 is 0 Å². The molecule has 7 heteroatoms. The standard InChI is InChI=1S/C26H24N2O4S/c1-18-14-20(12-13-27-18)24-16-22(19(2)28(24)17-26(29)30)15-21-8-6-7-11-25(21)33(31,32)23-9-4-3-5-10-23/h3-14,16H,15,17H2,1-2H3,(H,29,30). The normalized spacial score (nSPS) is 11.5. The fraction of sp³-hybridized carbons (Fsp3) is 0.154. The lowest BCUT2D eigenvalue weighted by Crippen LogP contribution is -2.12. The molecule has 4 rings (SSSR count). The van der Waals surface area contributed by atoms with Gasteiger partial charge in [0, 0.05) is 35.3 Å². The molecule has 2 aromatic carbocycles. The number of aryl methyl sites for hydroxylation is 1. The highest BCUT2D eigenvalue weighted by Crippen LogP contribution is 2.31. The van der Waals surface area contributed by atoms with E-state index in [4.69, 9.17) is 0 Å². The van der Waals surface area contributed by atoms with Crippen molar-refractivity contribution >= 4 is 15.8 Å². The quantitative estimate of drug-likeness (QED) is 0.433. The van der Waals surface area contributed by atoms with Crippen LogP contribution in [-0.4, -0.2) is 29.0 Å². The van der Waals surface area contributed by atoms with E-state index in [1.165, 1.54) is 0 Å². The molecule has 0 aliphatic rings. The van der Waals surface area contributed by atoms with Crippen LogP contribution in [0.4, 0.5) is 0 Å². The van der Waals surface area contributed by atoms with Gasteiger partial charge in [0.15, 0.2) is 0 Å². The van der Waals surface area contributed by atoms with Gasteiger partial charge in [-0.1, -0.05) is 36.4 Å².